The Balaban J connectivity index is 0.000000130. The lowest BCUT2D eigenvalue weighted by atomic mass is 9.76. The number of hydrogen-bond donors (Lipinski definition) is 3. The van der Waals surface area contributed by atoms with Crippen LogP contribution < -0.4 is 30.3 Å². The fourth-order valence-corrected chi connectivity index (χ4v) is 11.1. The van der Waals surface area contributed by atoms with Gasteiger partial charge in [-0.25, -0.2) is 4.98 Å². The van der Waals surface area contributed by atoms with Crippen molar-refractivity contribution in [1.82, 2.24) is 34.7 Å². The molecule has 0 radical (unpaired) electrons. The number of anilines is 1. The number of benzene rings is 6. The summed E-state index contributed by atoms with van der Waals surface area (Å²) in [5.74, 6) is 4.16. The highest BCUT2D eigenvalue weighted by Gasteiger charge is 2.32. The molecule has 3 atom stereocenters. The molecule has 11 heteroatoms. The molecule has 0 bridgehead atoms. The fraction of sp³-hybridized carbons (Fsp3) is 0.246. The standard InChI is InChI=1S/C23H22N2OS.C23H24N2O.C19H22N4/c1-17(24-16-15-21-20-12-6-8-14-23(20)27-25-21)19-11-5-7-13-22(19)26-18-9-3-2-4-10-18;1-17(25-20-14-19(15-20)18-8-7-13-24-16-18)22-11-5-6-12-23(22)26-21-9-3-2-4-10-21;1-22-11-6-8-17(16-7-2-3-9-18(16)22)20-13-15-14-23-12-5-4-10-19(23)21-15/h2-14,17,24H,15-16H2,1H3;2-13,16-17,19-20,25H,14-15H2,1H3;2-5,7,9-10,12,14,17,20H,6,8,11,13H2,1H3. The molecule has 386 valence electrons. The van der Waals surface area contributed by atoms with Gasteiger partial charge < -0.3 is 34.7 Å². The number of imidazole rings is 1. The van der Waals surface area contributed by atoms with Crippen molar-refractivity contribution in [2.45, 2.75) is 82.6 Å². The molecule has 0 amide bonds. The molecular weight excluding hydrogens is 957 g/mol. The van der Waals surface area contributed by atoms with Gasteiger partial charge in [-0.05, 0) is 135 Å². The minimum atomic E-state index is 0.190. The smallest absolute Gasteiger partial charge is 0.137 e. The molecule has 1 fully saturated rings. The van der Waals surface area contributed by atoms with Gasteiger partial charge in [0.05, 0.1) is 16.1 Å². The summed E-state index contributed by atoms with van der Waals surface area (Å²) >= 11 is 1.58. The molecule has 1 saturated carbocycles. The second-order valence-corrected chi connectivity index (χ2v) is 20.6. The van der Waals surface area contributed by atoms with Crippen LogP contribution in [0.2, 0.25) is 0 Å². The van der Waals surface area contributed by atoms with Crippen molar-refractivity contribution in [2.75, 3.05) is 25.0 Å². The normalized spacial score (nSPS) is 16.7. The molecule has 5 heterocycles. The lowest BCUT2D eigenvalue weighted by molar-refractivity contribution is 0.269. The molecule has 1 aliphatic carbocycles. The topological polar surface area (TPSA) is 101 Å². The average Bonchev–Trinajstić information content (AvgIpc) is 4.04. The van der Waals surface area contributed by atoms with Crippen LogP contribution in [0.4, 0.5) is 5.69 Å². The molecular formula is C65H68N8O2S. The predicted octanol–water partition coefficient (Wildman–Crippen LogP) is 14.8. The number of nitrogens with zero attached hydrogens (tertiary/aromatic N) is 5. The van der Waals surface area contributed by atoms with E-state index in [0.717, 1.165) is 85.2 Å². The second-order valence-electron chi connectivity index (χ2n) is 19.8. The maximum Gasteiger partial charge on any atom is 0.137 e. The van der Waals surface area contributed by atoms with E-state index in [1.165, 1.54) is 44.6 Å². The van der Waals surface area contributed by atoms with Crippen molar-refractivity contribution < 1.29 is 9.47 Å². The molecule has 2 aliphatic rings. The number of rotatable bonds is 16. The van der Waals surface area contributed by atoms with E-state index in [1.807, 2.05) is 128 Å². The third-order valence-electron chi connectivity index (χ3n) is 14.4. The Hall–Kier alpha value is -7.67. The van der Waals surface area contributed by atoms with Gasteiger partial charge in [0.2, 0.25) is 0 Å². The number of hydrogen-bond acceptors (Lipinski definition) is 10. The van der Waals surface area contributed by atoms with Crippen molar-refractivity contribution in [2.24, 2.45) is 0 Å². The van der Waals surface area contributed by atoms with E-state index < -0.39 is 0 Å². The van der Waals surface area contributed by atoms with E-state index in [0.29, 0.717) is 18.0 Å². The molecule has 4 aromatic heterocycles. The Morgan fingerprint density at radius 2 is 1.34 bits per heavy atom. The average molecular weight is 1030 g/mol. The van der Waals surface area contributed by atoms with Crippen LogP contribution in [0.1, 0.15) is 97.2 Å². The second kappa shape index (κ2) is 25.7. The number of ether oxygens (including phenoxy) is 2. The first-order chi connectivity index (χ1) is 37.4. The van der Waals surface area contributed by atoms with Crippen molar-refractivity contribution in [3.8, 4) is 23.0 Å². The fourth-order valence-electron chi connectivity index (χ4n) is 10.3. The summed E-state index contributed by atoms with van der Waals surface area (Å²) in [6.07, 6.45) is 13.6. The number of pyridine rings is 2. The highest BCUT2D eigenvalue weighted by Crippen LogP contribution is 2.39. The lowest BCUT2D eigenvalue weighted by Gasteiger charge is -2.38. The van der Waals surface area contributed by atoms with Gasteiger partial charge in [-0.15, -0.1) is 0 Å². The van der Waals surface area contributed by atoms with E-state index in [9.17, 15) is 0 Å². The Bertz CT molecular complexity index is 3330. The van der Waals surface area contributed by atoms with Crippen LogP contribution in [0.25, 0.3) is 15.7 Å². The third kappa shape index (κ3) is 13.4. The summed E-state index contributed by atoms with van der Waals surface area (Å²) in [5.41, 5.74) is 9.71. The van der Waals surface area contributed by atoms with Gasteiger partial charge in [0, 0.05) is 104 Å². The molecule has 0 spiro atoms. The van der Waals surface area contributed by atoms with Crippen molar-refractivity contribution in [1.29, 1.82) is 0 Å². The zero-order chi connectivity index (χ0) is 51.9. The van der Waals surface area contributed by atoms with Gasteiger partial charge in [0.15, 0.2) is 0 Å². The van der Waals surface area contributed by atoms with Crippen LogP contribution in [0.3, 0.4) is 0 Å². The highest BCUT2D eigenvalue weighted by molar-refractivity contribution is 7.13. The molecule has 6 aromatic carbocycles. The maximum atomic E-state index is 6.11. The molecule has 3 unspecified atom stereocenters. The van der Waals surface area contributed by atoms with E-state index >= 15 is 0 Å². The lowest BCUT2D eigenvalue weighted by Crippen LogP contribution is -2.41. The van der Waals surface area contributed by atoms with Crippen LogP contribution in [0.5, 0.6) is 23.0 Å². The predicted molar refractivity (Wildman–Crippen MR) is 311 cm³/mol. The maximum absolute atomic E-state index is 6.11. The molecule has 76 heavy (non-hydrogen) atoms. The van der Waals surface area contributed by atoms with Crippen LogP contribution in [-0.2, 0) is 13.0 Å². The molecule has 1 aliphatic heterocycles. The van der Waals surface area contributed by atoms with Gasteiger partial charge >= 0.3 is 0 Å². The van der Waals surface area contributed by atoms with E-state index in [4.69, 9.17) is 9.47 Å². The van der Waals surface area contributed by atoms with Crippen LogP contribution in [0.15, 0.2) is 213 Å². The first-order valence-electron chi connectivity index (χ1n) is 26.7. The number of fused-ring (bicyclic) bond motifs is 3. The van der Waals surface area contributed by atoms with Crippen LogP contribution in [-0.4, -0.2) is 44.9 Å². The molecule has 12 rings (SSSR count). The Labute approximate surface area is 452 Å². The number of nitrogens with one attached hydrogen (secondary N) is 3. The van der Waals surface area contributed by atoms with Crippen molar-refractivity contribution in [3.05, 3.63) is 246 Å². The number of aromatic nitrogens is 4. The molecule has 10 nitrogen and oxygen atoms in total. The first-order valence-corrected chi connectivity index (χ1v) is 27.5. The van der Waals surface area contributed by atoms with Gasteiger partial charge in [-0.1, -0.05) is 121 Å². The zero-order valence-corrected chi connectivity index (χ0v) is 44.5. The largest absolute Gasteiger partial charge is 0.457 e. The van der Waals surface area contributed by atoms with Gasteiger partial charge in [0.1, 0.15) is 28.6 Å². The summed E-state index contributed by atoms with van der Waals surface area (Å²) in [7, 11) is 2.18. The van der Waals surface area contributed by atoms with E-state index in [1.54, 1.807) is 11.5 Å². The first kappa shape index (κ1) is 51.8. The summed E-state index contributed by atoms with van der Waals surface area (Å²) in [6, 6.07) is 65.2. The third-order valence-corrected chi connectivity index (χ3v) is 15.3. The summed E-state index contributed by atoms with van der Waals surface area (Å²) in [5, 5.41) is 12.4. The summed E-state index contributed by atoms with van der Waals surface area (Å²) in [4.78, 5) is 11.3. The van der Waals surface area contributed by atoms with Crippen molar-refractivity contribution in [3.63, 3.8) is 0 Å². The Morgan fingerprint density at radius 1 is 0.684 bits per heavy atom. The minimum absolute atomic E-state index is 0.190. The van der Waals surface area contributed by atoms with E-state index in [2.05, 4.69) is 146 Å². The monoisotopic (exact) mass is 1020 g/mol. The minimum Gasteiger partial charge on any atom is -0.457 e. The molecule has 0 saturated heterocycles. The Kier molecular flexibility index (Phi) is 17.5. The van der Waals surface area contributed by atoms with Gasteiger partial charge in [0.25, 0.3) is 0 Å². The Morgan fingerprint density at radius 3 is 2.07 bits per heavy atom. The van der Waals surface area contributed by atoms with E-state index in [-0.39, 0.29) is 12.1 Å². The SMILES string of the molecule is CC(NC1CC(c2cccnc2)C1)c1ccccc1Oc1ccccc1.CC(NCCc1nsc2ccccc12)c1ccccc1Oc1ccccc1.CN1CCCC(NCc2cn3ccccc3n2)c2ccccc21. The highest BCUT2D eigenvalue weighted by atomic mass is 32.1. The van der Waals surface area contributed by atoms with Gasteiger partial charge in [-0.2, -0.15) is 4.37 Å². The zero-order valence-electron chi connectivity index (χ0n) is 43.7. The number of para-hydroxylation sites is 5. The quantitative estimate of drug-likeness (QED) is 0.0873. The van der Waals surface area contributed by atoms with Crippen molar-refractivity contribution >= 4 is 33.0 Å². The summed E-state index contributed by atoms with van der Waals surface area (Å²) < 4.78 is 20.1. The summed E-state index contributed by atoms with van der Waals surface area (Å²) in [6.45, 7) is 7.17. The molecule has 3 N–H and O–H groups in total. The van der Waals surface area contributed by atoms with Gasteiger partial charge in [-0.3, -0.25) is 4.98 Å². The molecule has 10 aromatic rings. The van der Waals surface area contributed by atoms with Crippen LogP contribution in [0, 0.1) is 0 Å². The van der Waals surface area contributed by atoms with Crippen LogP contribution >= 0.6 is 11.5 Å².